The minimum absolute atomic E-state index is 0.722. The second-order valence-corrected chi connectivity index (χ2v) is 7.30. The van der Waals surface area contributed by atoms with Gasteiger partial charge in [0.25, 0.3) is 0 Å². The highest BCUT2D eigenvalue weighted by atomic mass is 35.5. The van der Waals surface area contributed by atoms with Crippen molar-refractivity contribution in [3.63, 3.8) is 0 Å². The Kier molecular flexibility index (Phi) is 4.88. The van der Waals surface area contributed by atoms with Gasteiger partial charge in [-0.15, -0.1) is 0 Å². The van der Waals surface area contributed by atoms with Gasteiger partial charge in [0.2, 0.25) is 0 Å². The van der Waals surface area contributed by atoms with Crippen molar-refractivity contribution in [1.29, 1.82) is 0 Å². The average Bonchev–Trinajstić information content (AvgIpc) is 2.62. The molecule has 1 unspecified atom stereocenters. The normalized spacial score (nSPS) is 22.9. The van der Waals surface area contributed by atoms with Crippen LogP contribution in [-0.4, -0.2) is 55.8 Å². The Hall–Kier alpha value is -1.36. The zero-order valence-corrected chi connectivity index (χ0v) is 14.7. The predicted molar refractivity (Wildman–Crippen MR) is 98.9 cm³/mol. The lowest BCUT2D eigenvalue weighted by molar-refractivity contribution is 0.0296. The summed E-state index contributed by atoms with van der Waals surface area (Å²) >= 11 is 6.22. The summed E-state index contributed by atoms with van der Waals surface area (Å²) in [7, 11) is 0. The molecule has 0 amide bonds. The molecule has 0 N–H and O–H groups in total. The van der Waals surface area contributed by atoms with E-state index in [1.54, 1.807) is 0 Å². The molecule has 0 radical (unpaired) electrons. The molecule has 0 aliphatic carbocycles. The molecule has 2 aromatic rings. The molecule has 5 heteroatoms. The van der Waals surface area contributed by atoms with Crippen molar-refractivity contribution >= 4 is 28.2 Å². The Morgan fingerprint density at radius 1 is 1.17 bits per heavy atom. The van der Waals surface area contributed by atoms with Crippen molar-refractivity contribution in [3.8, 4) is 0 Å². The number of rotatable bonds is 3. The molecule has 2 aliphatic heterocycles. The fourth-order valence-corrected chi connectivity index (χ4v) is 4.13. The van der Waals surface area contributed by atoms with Gasteiger partial charge >= 0.3 is 0 Å². The topological polar surface area (TPSA) is 28.6 Å². The molecule has 2 fully saturated rings. The summed E-state index contributed by atoms with van der Waals surface area (Å²) in [6, 6.07) is 8.11. The van der Waals surface area contributed by atoms with Crippen molar-refractivity contribution < 1.29 is 4.74 Å². The molecule has 128 valence electrons. The second-order valence-electron chi connectivity index (χ2n) is 6.86. The zero-order valence-electron chi connectivity index (χ0n) is 14.0. The molecule has 24 heavy (non-hydrogen) atoms. The SMILES string of the molecule is Clc1ccc2nccc(N3CCCC(CN4CCOCC4)C3)c2c1. The van der Waals surface area contributed by atoms with Crippen LogP contribution < -0.4 is 4.90 Å². The van der Waals surface area contributed by atoms with Crippen LogP contribution in [0.25, 0.3) is 10.9 Å². The summed E-state index contributed by atoms with van der Waals surface area (Å²) < 4.78 is 5.47. The molecule has 1 aromatic carbocycles. The molecule has 0 bridgehead atoms. The minimum Gasteiger partial charge on any atom is -0.379 e. The third-order valence-electron chi connectivity index (χ3n) is 5.16. The molecule has 4 nitrogen and oxygen atoms in total. The standard InChI is InChI=1S/C19H24ClN3O/c20-16-3-4-18-17(12-16)19(5-6-21-18)23-7-1-2-15(14-23)13-22-8-10-24-11-9-22/h3-6,12,15H,1-2,7-11,13-14H2. The minimum atomic E-state index is 0.722. The maximum absolute atomic E-state index is 6.22. The molecule has 2 aliphatic rings. The Bertz CT molecular complexity index is 702. The van der Waals surface area contributed by atoms with Crippen LogP contribution in [-0.2, 0) is 4.74 Å². The Labute approximate surface area is 148 Å². The first-order valence-corrected chi connectivity index (χ1v) is 9.27. The van der Waals surface area contributed by atoms with E-state index in [0.29, 0.717) is 0 Å². The maximum atomic E-state index is 6.22. The van der Waals surface area contributed by atoms with E-state index in [1.807, 2.05) is 24.4 Å². The number of ether oxygens (including phenoxy) is 1. The smallest absolute Gasteiger partial charge is 0.0723 e. The summed E-state index contributed by atoms with van der Waals surface area (Å²) in [5.41, 5.74) is 2.29. The number of fused-ring (bicyclic) bond motifs is 1. The molecule has 3 heterocycles. The van der Waals surface area contributed by atoms with E-state index in [-0.39, 0.29) is 0 Å². The van der Waals surface area contributed by atoms with Crippen molar-refractivity contribution in [2.75, 3.05) is 50.8 Å². The molecule has 2 saturated heterocycles. The summed E-state index contributed by atoms with van der Waals surface area (Å²) in [6.45, 7) is 7.32. The van der Waals surface area contributed by atoms with Crippen LogP contribution in [0.5, 0.6) is 0 Å². The highest BCUT2D eigenvalue weighted by Gasteiger charge is 2.24. The van der Waals surface area contributed by atoms with Crippen molar-refractivity contribution in [2.45, 2.75) is 12.8 Å². The summed E-state index contributed by atoms with van der Waals surface area (Å²) in [5.74, 6) is 0.722. The monoisotopic (exact) mass is 345 g/mol. The Morgan fingerprint density at radius 2 is 2.04 bits per heavy atom. The summed E-state index contributed by atoms with van der Waals surface area (Å²) in [6.07, 6.45) is 4.48. The number of hydrogen-bond donors (Lipinski definition) is 0. The van der Waals surface area contributed by atoms with Crippen LogP contribution in [0.3, 0.4) is 0 Å². The van der Waals surface area contributed by atoms with Gasteiger partial charge in [-0.3, -0.25) is 9.88 Å². The number of anilines is 1. The number of halogens is 1. The number of benzene rings is 1. The van der Waals surface area contributed by atoms with Crippen LogP contribution in [0.2, 0.25) is 5.02 Å². The molecule has 4 rings (SSSR count). The Morgan fingerprint density at radius 3 is 2.92 bits per heavy atom. The number of morpholine rings is 1. The molecular weight excluding hydrogens is 322 g/mol. The number of pyridine rings is 1. The van der Waals surface area contributed by atoms with Gasteiger partial charge in [-0.25, -0.2) is 0 Å². The van der Waals surface area contributed by atoms with Crippen LogP contribution in [0.4, 0.5) is 5.69 Å². The number of piperidine rings is 1. The lowest BCUT2D eigenvalue weighted by atomic mass is 9.96. The van der Waals surface area contributed by atoms with E-state index >= 15 is 0 Å². The van der Waals surface area contributed by atoms with Crippen LogP contribution >= 0.6 is 11.6 Å². The lowest BCUT2D eigenvalue weighted by Crippen LogP contribution is -2.44. The first-order valence-electron chi connectivity index (χ1n) is 8.89. The second kappa shape index (κ2) is 7.26. The highest BCUT2D eigenvalue weighted by Crippen LogP contribution is 2.31. The molecule has 1 atom stereocenters. The number of aromatic nitrogens is 1. The van der Waals surface area contributed by atoms with Gasteiger partial charge in [0.15, 0.2) is 0 Å². The van der Waals surface area contributed by atoms with E-state index in [9.17, 15) is 0 Å². The number of hydrogen-bond acceptors (Lipinski definition) is 4. The van der Waals surface area contributed by atoms with Crippen LogP contribution in [0, 0.1) is 5.92 Å². The Balaban J connectivity index is 1.52. The number of nitrogens with zero attached hydrogens (tertiary/aromatic N) is 3. The van der Waals surface area contributed by atoms with Gasteiger partial charge in [-0.1, -0.05) is 11.6 Å². The first kappa shape index (κ1) is 16.1. The maximum Gasteiger partial charge on any atom is 0.0723 e. The predicted octanol–water partition coefficient (Wildman–Crippen LogP) is 3.44. The summed E-state index contributed by atoms with van der Waals surface area (Å²) in [5, 5.41) is 1.94. The molecular formula is C19H24ClN3O. The van der Waals surface area contributed by atoms with Gasteiger partial charge < -0.3 is 9.64 Å². The fourth-order valence-electron chi connectivity index (χ4n) is 3.96. The zero-order chi connectivity index (χ0) is 16.4. The van der Waals surface area contributed by atoms with Gasteiger partial charge in [-0.2, -0.15) is 0 Å². The van der Waals surface area contributed by atoms with Crippen LogP contribution in [0.15, 0.2) is 30.5 Å². The van der Waals surface area contributed by atoms with Crippen molar-refractivity contribution in [1.82, 2.24) is 9.88 Å². The summed E-state index contributed by atoms with van der Waals surface area (Å²) in [4.78, 5) is 9.56. The van der Waals surface area contributed by atoms with Gasteiger partial charge in [0.05, 0.1) is 18.7 Å². The van der Waals surface area contributed by atoms with E-state index in [1.165, 1.54) is 25.1 Å². The third kappa shape index (κ3) is 3.51. The molecule has 1 aromatic heterocycles. The average molecular weight is 346 g/mol. The van der Waals surface area contributed by atoms with Crippen molar-refractivity contribution in [2.24, 2.45) is 5.92 Å². The van der Waals surface area contributed by atoms with Gasteiger partial charge in [0, 0.05) is 55.0 Å². The van der Waals surface area contributed by atoms with Crippen molar-refractivity contribution in [3.05, 3.63) is 35.5 Å². The van der Waals surface area contributed by atoms with E-state index in [2.05, 4.69) is 20.9 Å². The van der Waals surface area contributed by atoms with Gasteiger partial charge in [0.1, 0.15) is 0 Å². The highest BCUT2D eigenvalue weighted by molar-refractivity contribution is 6.31. The largest absolute Gasteiger partial charge is 0.379 e. The quantitative estimate of drug-likeness (QED) is 0.852. The molecule has 0 spiro atoms. The first-order chi connectivity index (χ1) is 11.8. The third-order valence-corrected chi connectivity index (χ3v) is 5.40. The van der Waals surface area contributed by atoms with E-state index in [0.717, 1.165) is 61.2 Å². The van der Waals surface area contributed by atoms with E-state index in [4.69, 9.17) is 16.3 Å². The lowest BCUT2D eigenvalue weighted by Gasteiger charge is -2.38. The fraction of sp³-hybridized carbons (Fsp3) is 0.526. The van der Waals surface area contributed by atoms with Crippen LogP contribution in [0.1, 0.15) is 12.8 Å². The van der Waals surface area contributed by atoms with Gasteiger partial charge in [-0.05, 0) is 43.0 Å². The van der Waals surface area contributed by atoms with E-state index < -0.39 is 0 Å². The molecule has 0 saturated carbocycles.